The molecule has 0 aliphatic carbocycles. The Balaban J connectivity index is 2.89. The first-order valence-electron chi connectivity index (χ1n) is 5.69. The lowest BCUT2D eigenvalue weighted by Gasteiger charge is -2.22. The summed E-state index contributed by atoms with van der Waals surface area (Å²) in [6, 6.07) is 0. The Kier molecular flexibility index (Phi) is 4.11. The Bertz CT molecular complexity index is 445. The van der Waals surface area contributed by atoms with Gasteiger partial charge in [-0.05, 0) is 20.3 Å². The van der Waals surface area contributed by atoms with Crippen molar-refractivity contribution in [3.8, 4) is 0 Å². The summed E-state index contributed by atoms with van der Waals surface area (Å²) in [5.74, 6) is 4.83. The van der Waals surface area contributed by atoms with Crippen LogP contribution in [0.25, 0.3) is 0 Å². The van der Waals surface area contributed by atoms with Gasteiger partial charge >= 0.3 is 5.69 Å². The van der Waals surface area contributed by atoms with Crippen LogP contribution in [0.5, 0.6) is 0 Å². The van der Waals surface area contributed by atoms with Crippen LogP contribution in [0.2, 0.25) is 0 Å². The standard InChI is InChI=1S/C11H20N4O2/c1-4-5-14-6-7-15(10(14)17)8-11(2,3)9(16)13-12/h6-7H,4-5,8,12H2,1-3H3,(H,13,16). The molecule has 0 saturated carbocycles. The minimum atomic E-state index is -0.711. The first-order chi connectivity index (χ1) is 7.92. The summed E-state index contributed by atoms with van der Waals surface area (Å²) in [5, 5.41) is 0. The van der Waals surface area contributed by atoms with Crippen LogP contribution in [0.15, 0.2) is 17.2 Å². The number of aryl methyl sites for hydroxylation is 1. The number of rotatable bonds is 5. The topological polar surface area (TPSA) is 82.1 Å². The van der Waals surface area contributed by atoms with Gasteiger partial charge in [0.15, 0.2) is 0 Å². The summed E-state index contributed by atoms with van der Waals surface area (Å²) in [7, 11) is 0. The van der Waals surface area contributed by atoms with E-state index < -0.39 is 5.41 Å². The fraction of sp³-hybridized carbons (Fsp3) is 0.636. The van der Waals surface area contributed by atoms with Crippen LogP contribution in [0.1, 0.15) is 27.2 Å². The lowest BCUT2D eigenvalue weighted by Crippen LogP contribution is -2.44. The second-order valence-corrected chi connectivity index (χ2v) is 4.76. The van der Waals surface area contributed by atoms with Gasteiger partial charge < -0.3 is 0 Å². The monoisotopic (exact) mass is 240 g/mol. The smallest absolute Gasteiger partial charge is 0.299 e. The molecule has 0 atom stereocenters. The van der Waals surface area contributed by atoms with E-state index in [1.807, 2.05) is 6.92 Å². The molecule has 0 bridgehead atoms. The zero-order valence-corrected chi connectivity index (χ0v) is 10.6. The SMILES string of the molecule is CCCn1ccn(CC(C)(C)C(=O)NN)c1=O. The molecule has 96 valence electrons. The molecule has 0 saturated heterocycles. The fourth-order valence-electron chi connectivity index (χ4n) is 1.68. The number of hydrogen-bond acceptors (Lipinski definition) is 3. The number of carbonyl (C=O) groups excluding carboxylic acids is 1. The Labute approximate surface area is 100 Å². The van der Waals surface area contributed by atoms with Crippen molar-refractivity contribution in [3.63, 3.8) is 0 Å². The fourth-order valence-corrected chi connectivity index (χ4v) is 1.68. The molecule has 3 N–H and O–H groups in total. The number of carbonyl (C=O) groups is 1. The number of imidazole rings is 1. The number of hydrazine groups is 1. The van der Waals surface area contributed by atoms with Crippen molar-refractivity contribution in [2.24, 2.45) is 11.3 Å². The summed E-state index contributed by atoms with van der Waals surface area (Å²) in [5.41, 5.74) is 1.31. The van der Waals surface area contributed by atoms with Crippen LogP contribution < -0.4 is 17.0 Å². The second-order valence-electron chi connectivity index (χ2n) is 4.76. The number of nitrogens with one attached hydrogen (secondary N) is 1. The predicted molar refractivity (Wildman–Crippen MR) is 65.1 cm³/mol. The maximum Gasteiger partial charge on any atom is 0.328 e. The minimum absolute atomic E-state index is 0.0928. The van der Waals surface area contributed by atoms with E-state index in [1.54, 1.807) is 30.8 Å². The zero-order chi connectivity index (χ0) is 13.1. The maximum absolute atomic E-state index is 11.9. The van der Waals surface area contributed by atoms with E-state index in [4.69, 9.17) is 5.84 Å². The molecule has 17 heavy (non-hydrogen) atoms. The first-order valence-corrected chi connectivity index (χ1v) is 5.69. The van der Waals surface area contributed by atoms with Gasteiger partial charge in [-0.25, -0.2) is 10.6 Å². The quantitative estimate of drug-likeness (QED) is 0.434. The van der Waals surface area contributed by atoms with E-state index in [0.717, 1.165) is 6.42 Å². The highest BCUT2D eigenvalue weighted by atomic mass is 16.2. The average molecular weight is 240 g/mol. The Morgan fingerprint density at radius 3 is 2.53 bits per heavy atom. The van der Waals surface area contributed by atoms with Gasteiger partial charge in [0.1, 0.15) is 0 Å². The molecule has 6 nitrogen and oxygen atoms in total. The average Bonchev–Trinajstić information content (AvgIpc) is 2.60. The van der Waals surface area contributed by atoms with Crippen molar-refractivity contribution in [2.75, 3.05) is 0 Å². The molecule has 0 aliphatic rings. The van der Waals surface area contributed by atoms with E-state index in [-0.39, 0.29) is 11.6 Å². The van der Waals surface area contributed by atoms with Gasteiger partial charge in [-0.2, -0.15) is 0 Å². The summed E-state index contributed by atoms with van der Waals surface area (Å²) in [6.45, 7) is 6.51. The van der Waals surface area contributed by atoms with Crippen molar-refractivity contribution in [1.82, 2.24) is 14.6 Å². The van der Waals surface area contributed by atoms with E-state index in [9.17, 15) is 9.59 Å². The van der Waals surface area contributed by atoms with Crippen molar-refractivity contribution in [1.29, 1.82) is 0 Å². The zero-order valence-electron chi connectivity index (χ0n) is 10.6. The molecule has 0 aromatic carbocycles. The van der Waals surface area contributed by atoms with Gasteiger partial charge in [0.2, 0.25) is 5.91 Å². The van der Waals surface area contributed by atoms with Crippen LogP contribution in [0, 0.1) is 5.41 Å². The number of nitrogens with two attached hydrogens (primary N) is 1. The van der Waals surface area contributed by atoms with Crippen LogP contribution in [-0.4, -0.2) is 15.0 Å². The van der Waals surface area contributed by atoms with Crippen LogP contribution >= 0.6 is 0 Å². The first kappa shape index (κ1) is 13.5. The van der Waals surface area contributed by atoms with E-state index in [0.29, 0.717) is 13.1 Å². The third-order valence-electron chi connectivity index (χ3n) is 2.69. The van der Waals surface area contributed by atoms with Crippen LogP contribution in [0.4, 0.5) is 0 Å². The Morgan fingerprint density at radius 2 is 2.00 bits per heavy atom. The largest absolute Gasteiger partial charge is 0.328 e. The molecule has 0 radical (unpaired) electrons. The second kappa shape index (κ2) is 5.18. The van der Waals surface area contributed by atoms with E-state index in [2.05, 4.69) is 5.43 Å². The molecule has 6 heteroatoms. The van der Waals surface area contributed by atoms with Crippen molar-refractivity contribution in [2.45, 2.75) is 40.3 Å². The van der Waals surface area contributed by atoms with Gasteiger partial charge in [-0.3, -0.25) is 19.4 Å². The maximum atomic E-state index is 11.9. The van der Waals surface area contributed by atoms with Gasteiger partial charge in [0.05, 0.1) is 5.41 Å². The summed E-state index contributed by atoms with van der Waals surface area (Å²) in [6.07, 6.45) is 4.34. The third kappa shape index (κ3) is 2.97. The number of hydrogen-bond donors (Lipinski definition) is 2. The molecule has 0 unspecified atom stereocenters. The molecule has 1 aromatic heterocycles. The highest BCUT2D eigenvalue weighted by Crippen LogP contribution is 2.16. The van der Waals surface area contributed by atoms with Gasteiger partial charge in [0.25, 0.3) is 0 Å². The number of amides is 1. The molecular formula is C11H20N4O2. The summed E-state index contributed by atoms with van der Waals surface area (Å²) >= 11 is 0. The number of nitrogens with zero attached hydrogens (tertiary/aromatic N) is 2. The molecule has 1 heterocycles. The van der Waals surface area contributed by atoms with E-state index >= 15 is 0 Å². The van der Waals surface area contributed by atoms with Crippen LogP contribution in [0.3, 0.4) is 0 Å². The number of aromatic nitrogens is 2. The molecule has 0 fully saturated rings. The van der Waals surface area contributed by atoms with Crippen molar-refractivity contribution in [3.05, 3.63) is 22.9 Å². The highest BCUT2D eigenvalue weighted by Gasteiger charge is 2.28. The lowest BCUT2D eigenvalue weighted by atomic mass is 9.92. The summed E-state index contributed by atoms with van der Waals surface area (Å²) < 4.78 is 3.17. The van der Waals surface area contributed by atoms with E-state index in [1.165, 1.54) is 4.57 Å². The Hall–Kier alpha value is -1.56. The van der Waals surface area contributed by atoms with Gasteiger partial charge in [0, 0.05) is 25.5 Å². The predicted octanol–water partition coefficient (Wildman–Crippen LogP) is 0.0759. The van der Waals surface area contributed by atoms with Gasteiger partial charge in [-0.15, -0.1) is 0 Å². The molecule has 1 aromatic rings. The normalized spacial score (nSPS) is 11.5. The highest BCUT2D eigenvalue weighted by molar-refractivity contribution is 5.81. The minimum Gasteiger partial charge on any atom is -0.299 e. The van der Waals surface area contributed by atoms with Crippen molar-refractivity contribution >= 4 is 5.91 Å². The van der Waals surface area contributed by atoms with Gasteiger partial charge in [-0.1, -0.05) is 6.92 Å². The third-order valence-corrected chi connectivity index (χ3v) is 2.69. The molecule has 0 aliphatic heterocycles. The molecule has 0 spiro atoms. The van der Waals surface area contributed by atoms with Crippen molar-refractivity contribution < 1.29 is 4.79 Å². The van der Waals surface area contributed by atoms with Crippen LogP contribution in [-0.2, 0) is 17.9 Å². The molecule has 1 rings (SSSR count). The Morgan fingerprint density at radius 1 is 1.41 bits per heavy atom. The molecule has 1 amide bonds. The summed E-state index contributed by atoms with van der Waals surface area (Å²) in [4.78, 5) is 23.4. The lowest BCUT2D eigenvalue weighted by molar-refractivity contribution is -0.130. The molecular weight excluding hydrogens is 220 g/mol.